The summed E-state index contributed by atoms with van der Waals surface area (Å²) in [7, 11) is 0. The fourth-order valence-electron chi connectivity index (χ4n) is 0.181. The van der Waals surface area contributed by atoms with Crippen molar-refractivity contribution in [3.63, 3.8) is 0 Å². The van der Waals surface area contributed by atoms with Crippen LogP contribution in [0, 0.1) is 0 Å². The summed E-state index contributed by atoms with van der Waals surface area (Å²) in [5.41, 5.74) is 0. The van der Waals surface area contributed by atoms with Gasteiger partial charge in [-0.1, -0.05) is 6.08 Å². The summed E-state index contributed by atoms with van der Waals surface area (Å²) in [6.45, 7) is 2.47. The Morgan fingerprint density at radius 2 is 2.50 bits per heavy atom. The zero-order valence-electron chi connectivity index (χ0n) is 4.63. The van der Waals surface area contributed by atoms with Gasteiger partial charge in [-0.05, 0) is 6.92 Å². The molecule has 0 heterocycles. The molecule has 0 bridgehead atoms. The van der Waals surface area contributed by atoms with Gasteiger partial charge in [-0.3, -0.25) is 0 Å². The van der Waals surface area contributed by atoms with Crippen LogP contribution in [0.4, 0.5) is 0 Å². The number of nitrogens with one attached hydrogen (secondary N) is 1. The summed E-state index contributed by atoms with van der Waals surface area (Å²) < 4.78 is 2.80. The minimum Gasteiger partial charge on any atom is -0.239 e. The molecule has 0 radical (unpaired) electrons. The lowest BCUT2D eigenvalue weighted by Crippen LogP contribution is -1.93. The molecule has 0 aliphatic rings. The molecular formula is C4H8IN3. The molecule has 0 spiro atoms. The highest BCUT2D eigenvalue weighted by Gasteiger charge is 1.66. The van der Waals surface area contributed by atoms with Gasteiger partial charge in [0.15, 0.2) is 0 Å². The van der Waals surface area contributed by atoms with Gasteiger partial charge in [-0.25, -0.2) is 3.53 Å². The van der Waals surface area contributed by atoms with Crippen molar-refractivity contribution in [1.82, 2.24) is 3.53 Å². The van der Waals surface area contributed by atoms with Gasteiger partial charge in [-0.2, -0.15) is 10.2 Å². The third-order valence-corrected chi connectivity index (χ3v) is 0.769. The molecule has 0 fully saturated rings. The van der Waals surface area contributed by atoms with E-state index in [1.807, 2.05) is 35.9 Å². The van der Waals surface area contributed by atoms with E-state index in [0.717, 1.165) is 0 Å². The molecular weight excluding hydrogens is 217 g/mol. The van der Waals surface area contributed by atoms with Crippen molar-refractivity contribution in [3.8, 4) is 0 Å². The van der Waals surface area contributed by atoms with E-state index >= 15 is 0 Å². The summed E-state index contributed by atoms with van der Waals surface area (Å²) in [5, 5.41) is 7.36. The zero-order valence-corrected chi connectivity index (χ0v) is 6.79. The number of halogens is 1. The molecule has 0 saturated carbocycles. The monoisotopic (exact) mass is 225 g/mol. The smallest absolute Gasteiger partial charge is 0.118 e. The van der Waals surface area contributed by atoms with Crippen molar-refractivity contribution in [2.75, 3.05) is 6.67 Å². The molecule has 0 unspecified atom stereocenters. The van der Waals surface area contributed by atoms with E-state index in [9.17, 15) is 0 Å². The van der Waals surface area contributed by atoms with E-state index in [-0.39, 0.29) is 0 Å². The first-order valence-corrected chi connectivity index (χ1v) is 3.31. The van der Waals surface area contributed by atoms with E-state index in [1.54, 1.807) is 6.20 Å². The van der Waals surface area contributed by atoms with E-state index in [2.05, 4.69) is 13.8 Å². The third-order valence-electron chi connectivity index (χ3n) is 0.428. The number of allylic oxidation sites excluding steroid dienone is 1. The van der Waals surface area contributed by atoms with Crippen molar-refractivity contribution in [3.05, 3.63) is 12.3 Å². The zero-order chi connectivity index (χ0) is 6.24. The Labute approximate surface area is 62.8 Å². The van der Waals surface area contributed by atoms with Crippen LogP contribution >= 0.6 is 22.9 Å². The Morgan fingerprint density at radius 3 is 3.00 bits per heavy atom. The first kappa shape index (κ1) is 8.03. The van der Waals surface area contributed by atoms with E-state index in [0.29, 0.717) is 6.67 Å². The topological polar surface area (TPSA) is 36.8 Å². The van der Waals surface area contributed by atoms with Crippen molar-refractivity contribution in [1.29, 1.82) is 0 Å². The molecule has 0 aromatic rings. The molecule has 8 heavy (non-hydrogen) atoms. The van der Waals surface area contributed by atoms with Crippen LogP contribution in [0.25, 0.3) is 0 Å². The molecule has 0 saturated heterocycles. The molecule has 0 aromatic carbocycles. The largest absolute Gasteiger partial charge is 0.239 e. The first-order valence-electron chi connectivity index (χ1n) is 2.23. The van der Waals surface area contributed by atoms with Gasteiger partial charge in [0.1, 0.15) is 6.67 Å². The van der Waals surface area contributed by atoms with Crippen molar-refractivity contribution < 1.29 is 0 Å². The first-order chi connectivity index (χ1) is 3.91. The number of hydrogen-bond acceptors (Lipinski definition) is 3. The lowest BCUT2D eigenvalue weighted by Gasteiger charge is -1.80. The van der Waals surface area contributed by atoms with E-state index < -0.39 is 0 Å². The van der Waals surface area contributed by atoms with Gasteiger partial charge in [0, 0.05) is 29.1 Å². The van der Waals surface area contributed by atoms with E-state index in [4.69, 9.17) is 0 Å². The van der Waals surface area contributed by atoms with Gasteiger partial charge in [0.2, 0.25) is 0 Å². The predicted molar refractivity (Wildman–Crippen MR) is 41.7 cm³/mol. The van der Waals surface area contributed by atoms with Crippen molar-refractivity contribution >= 4 is 22.9 Å². The van der Waals surface area contributed by atoms with Crippen LogP contribution < -0.4 is 3.53 Å². The minimum absolute atomic E-state index is 0.574. The molecule has 4 heteroatoms. The SMILES string of the molecule is C/C=C\N=NCNI. The molecule has 0 aliphatic heterocycles. The molecule has 0 amide bonds. The van der Waals surface area contributed by atoms with Gasteiger partial charge in [0.05, 0.1) is 0 Å². The average molecular weight is 225 g/mol. The van der Waals surface area contributed by atoms with Gasteiger partial charge >= 0.3 is 0 Å². The molecule has 0 aliphatic carbocycles. The quantitative estimate of drug-likeness (QED) is 0.444. The van der Waals surface area contributed by atoms with Crippen LogP contribution in [0.2, 0.25) is 0 Å². The Kier molecular flexibility index (Phi) is 7.06. The van der Waals surface area contributed by atoms with Gasteiger partial charge in [-0.15, -0.1) is 0 Å². The van der Waals surface area contributed by atoms with Crippen molar-refractivity contribution in [2.45, 2.75) is 6.92 Å². The van der Waals surface area contributed by atoms with Crippen molar-refractivity contribution in [2.24, 2.45) is 10.2 Å². The average Bonchev–Trinajstić information content (AvgIpc) is 1.81. The number of azo groups is 1. The minimum atomic E-state index is 0.574. The normalized spacial score (nSPS) is 11.8. The maximum absolute atomic E-state index is 3.70. The van der Waals surface area contributed by atoms with Crippen LogP contribution in [-0.2, 0) is 0 Å². The fourth-order valence-corrected chi connectivity index (χ4v) is 0.334. The van der Waals surface area contributed by atoms with Crippen LogP contribution in [0.5, 0.6) is 0 Å². The maximum Gasteiger partial charge on any atom is 0.118 e. The molecule has 46 valence electrons. The summed E-state index contributed by atoms with van der Waals surface area (Å²) in [4.78, 5) is 0. The molecule has 0 aromatic heterocycles. The Morgan fingerprint density at radius 1 is 1.75 bits per heavy atom. The fraction of sp³-hybridized carbons (Fsp3) is 0.500. The Bertz CT molecular complexity index is 89.3. The predicted octanol–water partition coefficient (Wildman–Crippen LogP) is 1.87. The molecule has 1 N–H and O–H groups in total. The number of rotatable bonds is 3. The third kappa shape index (κ3) is 6.03. The van der Waals surface area contributed by atoms with Crippen LogP contribution in [0.1, 0.15) is 6.92 Å². The van der Waals surface area contributed by atoms with E-state index in [1.165, 1.54) is 0 Å². The summed E-state index contributed by atoms with van der Waals surface area (Å²) in [5.74, 6) is 0. The second-order valence-electron chi connectivity index (χ2n) is 1.03. The standard InChI is InChI=1S/C4H8IN3/c1-2-3-7-8-4-6-5/h2-3,6H,4H2,1H3/b3-2-,8-7?. The van der Waals surface area contributed by atoms with Crippen LogP contribution in [-0.4, -0.2) is 6.67 Å². The van der Waals surface area contributed by atoms with Crippen LogP contribution in [0.3, 0.4) is 0 Å². The summed E-state index contributed by atoms with van der Waals surface area (Å²) >= 11 is 2.01. The molecule has 0 atom stereocenters. The highest BCUT2D eigenvalue weighted by molar-refractivity contribution is 14.1. The molecule has 3 nitrogen and oxygen atoms in total. The second kappa shape index (κ2) is 7.03. The lowest BCUT2D eigenvalue weighted by atomic mass is 10.7. The second-order valence-corrected chi connectivity index (χ2v) is 1.79. The van der Waals surface area contributed by atoms with Gasteiger partial charge < -0.3 is 0 Å². The van der Waals surface area contributed by atoms with Gasteiger partial charge in [0.25, 0.3) is 0 Å². The molecule has 0 rings (SSSR count). The summed E-state index contributed by atoms with van der Waals surface area (Å²) in [6, 6.07) is 0. The maximum atomic E-state index is 3.70. The summed E-state index contributed by atoms with van der Waals surface area (Å²) in [6.07, 6.45) is 3.48. The lowest BCUT2D eigenvalue weighted by molar-refractivity contribution is 0.929. The number of hydrogen-bond donors (Lipinski definition) is 1. The highest BCUT2D eigenvalue weighted by Crippen LogP contribution is 1.77. The Balaban J connectivity index is 3.07. The number of nitrogens with zero attached hydrogens (tertiary/aromatic N) is 2. The van der Waals surface area contributed by atoms with Crippen LogP contribution in [0.15, 0.2) is 22.5 Å². The Hall–Kier alpha value is 0.0300. The highest BCUT2D eigenvalue weighted by atomic mass is 127.